The standard InChI is InChI=1S/C15H19N5O3S/c1-16-24(22,23)14-5-3-2-4-13(14)19-6-8-20(9-7-19)15(21)12-10-17-18-11-12/h2-5,10-11,16H,6-9H2,1H3,(H,17,18). The van der Waals surface area contributed by atoms with E-state index in [-0.39, 0.29) is 10.8 Å². The second kappa shape index (κ2) is 6.62. The van der Waals surface area contributed by atoms with E-state index in [1.165, 1.54) is 13.2 Å². The third-order valence-corrected chi connectivity index (χ3v) is 5.54. The highest BCUT2D eigenvalue weighted by molar-refractivity contribution is 7.89. The molecule has 0 saturated carbocycles. The van der Waals surface area contributed by atoms with Gasteiger partial charge in [-0.15, -0.1) is 0 Å². The first-order valence-corrected chi connectivity index (χ1v) is 9.07. The highest BCUT2D eigenvalue weighted by Gasteiger charge is 2.26. The van der Waals surface area contributed by atoms with Gasteiger partial charge in [0, 0.05) is 32.4 Å². The van der Waals surface area contributed by atoms with Crippen LogP contribution in [-0.4, -0.2) is 62.6 Å². The van der Waals surface area contributed by atoms with Gasteiger partial charge in [0.2, 0.25) is 10.0 Å². The molecule has 128 valence electrons. The largest absolute Gasteiger partial charge is 0.367 e. The number of anilines is 1. The topological polar surface area (TPSA) is 98.4 Å². The third-order valence-electron chi connectivity index (χ3n) is 4.08. The van der Waals surface area contributed by atoms with Gasteiger partial charge in [-0.25, -0.2) is 13.1 Å². The molecule has 0 radical (unpaired) electrons. The van der Waals surface area contributed by atoms with Gasteiger partial charge >= 0.3 is 0 Å². The van der Waals surface area contributed by atoms with E-state index in [0.717, 1.165) is 0 Å². The minimum atomic E-state index is -3.53. The molecule has 9 heteroatoms. The molecule has 2 aromatic rings. The van der Waals surface area contributed by atoms with E-state index in [0.29, 0.717) is 37.4 Å². The van der Waals surface area contributed by atoms with E-state index < -0.39 is 10.0 Å². The summed E-state index contributed by atoms with van der Waals surface area (Å²) in [5.74, 6) is -0.0699. The molecule has 0 unspecified atom stereocenters. The summed E-state index contributed by atoms with van der Waals surface area (Å²) >= 11 is 0. The Labute approximate surface area is 140 Å². The van der Waals surface area contributed by atoms with Crippen LogP contribution in [0.3, 0.4) is 0 Å². The van der Waals surface area contributed by atoms with Crippen molar-refractivity contribution in [3.05, 3.63) is 42.2 Å². The average molecular weight is 349 g/mol. The molecule has 0 atom stereocenters. The van der Waals surface area contributed by atoms with Gasteiger partial charge in [-0.1, -0.05) is 12.1 Å². The van der Waals surface area contributed by atoms with Crippen LogP contribution in [0.15, 0.2) is 41.6 Å². The number of piperazine rings is 1. The van der Waals surface area contributed by atoms with Crippen molar-refractivity contribution < 1.29 is 13.2 Å². The number of amides is 1. The van der Waals surface area contributed by atoms with Gasteiger partial charge in [0.25, 0.3) is 5.91 Å². The normalized spacial score (nSPS) is 15.5. The lowest BCUT2D eigenvalue weighted by atomic mass is 10.2. The van der Waals surface area contributed by atoms with Crippen molar-refractivity contribution in [3.63, 3.8) is 0 Å². The summed E-state index contributed by atoms with van der Waals surface area (Å²) in [5.41, 5.74) is 1.18. The first-order chi connectivity index (χ1) is 11.5. The molecule has 3 rings (SSSR count). The van der Waals surface area contributed by atoms with Crippen LogP contribution < -0.4 is 9.62 Å². The lowest BCUT2D eigenvalue weighted by Crippen LogP contribution is -2.49. The van der Waals surface area contributed by atoms with Crippen LogP contribution in [0.4, 0.5) is 5.69 Å². The first-order valence-electron chi connectivity index (χ1n) is 7.58. The van der Waals surface area contributed by atoms with Crippen LogP contribution in [0.2, 0.25) is 0 Å². The zero-order valence-corrected chi connectivity index (χ0v) is 14.1. The predicted molar refractivity (Wildman–Crippen MR) is 89.4 cm³/mol. The maximum atomic E-state index is 12.3. The maximum absolute atomic E-state index is 12.3. The summed E-state index contributed by atoms with van der Waals surface area (Å²) in [7, 11) is -2.13. The Morgan fingerprint density at radius 2 is 1.92 bits per heavy atom. The first kappa shape index (κ1) is 16.5. The molecule has 1 aromatic heterocycles. The summed E-state index contributed by atoms with van der Waals surface area (Å²) in [6.45, 7) is 2.19. The number of aromatic nitrogens is 2. The number of hydrogen-bond acceptors (Lipinski definition) is 5. The van der Waals surface area contributed by atoms with Gasteiger partial charge in [0.15, 0.2) is 0 Å². The molecule has 1 aliphatic heterocycles. The van der Waals surface area contributed by atoms with Crippen LogP contribution in [0.25, 0.3) is 0 Å². The van der Waals surface area contributed by atoms with E-state index in [1.54, 1.807) is 29.3 Å². The number of sulfonamides is 1. The van der Waals surface area contributed by atoms with Gasteiger partial charge in [0.1, 0.15) is 4.90 Å². The number of nitrogens with one attached hydrogen (secondary N) is 2. The van der Waals surface area contributed by atoms with E-state index in [9.17, 15) is 13.2 Å². The predicted octanol–water partition coefficient (Wildman–Crippen LogP) is 0.280. The van der Waals surface area contributed by atoms with Crippen LogP contribution in [0.5, 0.6) is 0 Å². The molecular weight excluding hydrogens is 330 g/mol. The van der Waals surface area contributed by atoms with Gasteiger partial charge in [-0.3, -0.25) is 9.89 Å². The van der Waals surface area contributed by atoms with Gasteiger partial charge < -0.3 is 9.80 Å². The monoisotopic (exact) mass is 349 g/mol. The van der Waals surface area contributed by atoms with E-state index in [4.69, 9.17) is 0 Å². The third kappa shape index (κ3) is 3.13. The smallest absolute Gasteiger partial charge is 0.257 e. The number of benzene rings is 1. The number of rotatable bonds is 4. The molecule has 0 bridgehead atoms. The Morgan fingerprint density at radius 1 is 1.21 bits per heavy atom. The van der Waals surface area contributed by atoms with Crippen molar-refractivity contribution in [2.45, 2.75) is 4.90 Å². The molecule has 1 aromatic carbocycles. The average Bonchev–Trinajstić information content (AvgIpc) is 3.16. The fourth-order valence-corrected chi connectivity index (χ4v) is 3.71. The maximum Gasteiger partial charge on any atom is 0.257 e. The van der Waals surface area contributed by atoms with Crippen LogP contribution in [0, 0.1) is 0 Å². The van der Waals surface area contributed by atoms with Crippen LogP contribution >= 0.6 is 0 Å². The van der Waals surface area contributed by atoms with E-state index in [1.807, 2.05) is 11.0 Å². The van der Waals surface area contributed by atoms with Crippen molar-refractivity contribution in [2.75, 3.05) is 38.1 Å². The Hall–Kier alpha value is -2.39. The van der Waals surface area contributed by atoms with Gasteiger partial charge in [0.05, 0.1) is 17.4 Å². The van der Waals surface area contributed by atoms with E-state index in [2.05, 4.69) is 14.9 Å². The molecule has 8 nitrogen and oxygen atoms in total. The molecule has 2 N–H and O–H groups in total. The number of hydrogen-bond donors (Lipinski definition) is 2. The number of aromatic amines is 1. The fraction of sp³-hybridized carbons (Fsp3) is 0.333. The van der Waals surface area contributed by atoms with Crippen LogP contribution in [0.1, 0.15) is 10.4 Å². The number of nitrogens with zero attached hydrogens (tertiary/aromatic N) is 3. The van der Waals surface area contributed by atoms with Crippen molar-refractivity contribution in [1.29, 1.82) is 0 Å². The molecule has 1 fully saturated rings. The molecule has 1 aliphatic rings. The second-order valence-corrected chi connectivity index (χ2v) is 7.30. The fourth-order valence-electron chi connectivity index (χ4n) is 2.76. The molecule has 1 amide bonds. The van der Waals surface area contributed by atoms with Crippen LogP contribution in [-0.2, 0) is 10.0 Å². The molecular formula is C15H19N5O3S. The summed E-state index contributed by atoms with van der Waals surface area (Å²) in [6.07, 6.45) is 3.08. The van der Waals surface area contributed by atoms with Gasteiger partial charge in [-0.2, -0.15) is 5.10 Å². The van der Waals surface area contributed by atoms with Gasteiger partial charge in [-0.05, 0) is 19.2 Å². The Balaban J connectivity index is 1.75. The molecule has 2 heterocycles. The van der Waals surface area contributed by atoms with Crippen molar-refractivity contribution in [2.24, 2.45) is 0 Å². The number of carbonyl (C=O) groups excluding carboxylic acids is 1. The lowest BCUT2D eigenvalue weighted by Gasteiger charge is -2.36. The zero-order valence-electron chi connectivity index (χ0n) is 13.3. The lowest BCUT2D eigenvalue weighted by molar-refractivity contribution is 0.0746. The summed E-state index contributed by atoms with van der Waals surface area (Å²) in [6, 6.07) is 6.89. The molecule has 0 aliphatic carbocycles. The number of para-hydroxylation sites is 1. The summed E-state index contributed by atoms with van der Waals surface area (Å²) in [4.78, 5) is 16.3. The highest BCUT2D eigenvalue weighted by Crippen LogP contribution is 2.26. The van der Waals surface area contributed by atoms with Crippen molar-refractivity contribution in [1.82, 2.24) is 19.8 Å². The Kier molecular flexibility index (Phi) is 4.54. The summed E-state index contributed by atoms with van der Waals surface area (Å²) in [5, 5.41) is 6.43. The minimum absolute atomic E-state index is 0.0699. The summed E-state index contributed by atoms with van der Waals surface area (Å²) < 4.78 is 26.7. The Morgan fingerprint density at radius 3 is 2.54 bits per heavy atom. The minimum Gasteiger partial charge on any atom is -0.367 e. The van der Waals surface area contributed by atoms with Crippen molar-refractivity contribution in [3.8, 4) is 0 Å². The second-order valence-electron chi connectivity index (χ2n) is 5.44. The Bertz CT molecular complexity index is 811. The quantitative estimate of drug-likeness (QED) is 0.826. The molecule has 24 heavy (non-hydrogen) atoms. The molecule has 1 saturated heterocycles. The zero-order chi connectivity index (χ0) is 17.2. The van der Waals surface area contributed by atoms with Crippen molar-refractivity contribution >= 4 is 21.6 Å². The van der Waals surface area contributed by atoms with E-state index >= 15 is 0 Å². The number of H-pyrrole nitrogens is 1. The number of carbonyl (C=O) groups is 1. The highest BCUT2D eigenvalue weighted by atomic mass is 32.2. The molecule has 0 spiro atoms. The SMILES string of the molecule is CNS(=O)(=O)c1ccccc1N1CCN(C(=O)c2cn[nH]c2)CC1.